The Hall–Kier alpha value is -3.10. The summed E-state index contributed by atoms with van der Waals surface area (Å²) in [6, 6.07) is 4.89. The van der Waals surface area contributed by atoms with Crippen LogP contribution in [0.5, 0.6) is 0 Å². The number of halogens is 1. The minimum atomic E-state index is -0.00423. The molecule has 0 spiro atoms. The Morgan fingerprint density at radius 1 is 1.15 bits per heavy atom. The molecular weight excluding hydrogens is 522 g/mol. The lowest BCUT2D eigenvalue weighted by Crippen LogP contribution is -2.58. The first kappa shape index (κ1) is 27.1. The number of H-pyrrole nitrogens is 1. The summed E-state index contributed by atoms with van der Waals surface area (Å²) in [5.74, 6) is 2.50. The number of fused-ring (bicyclic) bond motifs is 2. The summed E-state index contributed by atoms with van der Waals surface area (Å²) in [5, 5.41) is 2.08. The van der Waals surface area contributed by atoms with Crippen LogP contribution in [0.15, 0.2) is 31.0 Å². The zero-order valence-electron chi connectivity index (χ0n) is 24.2. The Bertz CT molecular complexity index is 1460. The molecule has 6 rings (SSSR count). The SMILES string of the molecule is C=CC(=O)N1CCN(c2nc(N3CC(N(C)C)C3)nc3c2C[C@@H](C)[C@H](c2c(Cl)c(C)cc4[nH]ccc24)C3)C[C@H]1C. The normalized spacial score (nSPS) is 23.5. The minimum Gasteiger partial charge on any atom is -0.361 e. The van der Waals surface area contributed by atoms with E-state index in [9.17, 15) is 4.79 Å². The highest BCUT2D eigenvalue weighted by Gasteiger charge is 2.38. The van der Waals surface area contributed by atoms with Crippen LogP contribution in [0.25, 0.3) is 10.9 Å². The fraction of sp³-hybridized carbons (Fsp3) is 0.516. The van der Waals surface area contributed by atoms with E-state index in [0.29, 0.717) is 18.5 Å². The van der Waals surface area contributed by atoms with Crippen molar-refractivity contribution < 1.29 is 4.79 Å². The molecule has 0 radical (unpaired) electrons. The number of hydrogen-bond donors (Lipinski definition) is 1. The molecule has 1 aliphatic carbocycles. The predicted molar refractivity (Wildman–Crippen MR) is 163 cm³/mol. The number of carbonyl (C=O) groups is 1. The van der Waals surface area contributed by atoms with Gasteiger partial charge in [-0.05, 0) is 82.0 Å². The van der Waals surface area contributed by atoms with Crippen molar-refractivity contribution in [2.24, 2.45) is 5.92 Å². The third-order valence-corrected chi connectivity index (χ3v) is 9.83. The van der Waals surface area contributed by atoms with Crippen LogP contribution in [-0.4, -0.2) is 89.6 Å². The standard InChI is InChI=1S/C31H40ClN7O/c1-7-27(40)39-11-10-37(15-20(39)4)30-24-12-18(2)23(28-22-8-9-33-25(22)13-19(3)29(28)32)14-26(24)34-31(35-30)38-16-21(17-38)36(5)6/h7-9,13,18,20-21,23,33H,1,10-12,14-17H2,2-6H3/t18-,20-,23-/m1/s1. The summed E-state index contributed by atoms with van der Waals surface area (Å²) >= 11 is 7.03. The van der Waals surface area contributed by atoms with Crippen molar-refractivity contribution in [1.29, 1.82) is 0 Å². The van der Waals surface area contributed by atoms with Gasteiger partial charge in [0.05, 0.1) is 5.69 Å². The maximum atomic E-state index is 12.4. The molecule has 40 heavy (non-hydrogen) atoms. The molecule has 9 heteroatoms. The van der Waals surface area contributed by atoms with Gasteiger partial charge in [0, 0.05) is 72.5 Å². The molecule has 0 bridgehead atoms. The van der Waals surface area contributed by atoms with Gasteiger partial charge in [-0.1, -0.05) is 25.1 Å². The second-order valence-electron chi connectivity index (χ2n) is 12.2. The van der Waals surface area contributed by atoms with E-state index in [2.05, 4.69) is 73.3 Å². The molecule has 2 fully saturated rings. The van der Waals surface area contributed by atoms with Crippen molar-refractivity contribution in [1.82, 2.24) is 24.8 Å². The van der Waals surface area contributed by atoms with E-state index < -0.39 is 0 Å². The zero-order chi connectivity index (χ0) is 28.3. The second-order valence-corrected chi connectivity index (χ2v) is 12.6. The number of likely N-dealkylation sites (N-methyl/N-ethyl adjacent to an activating group) is 1. The molecule has 3 aromatic rings. The van der Waals surface area contributed by atoms with Crippen molar-refractivity contribution in [3.63, 3.8) is 0 Å². The van der Waals surface area contributed by atoms with Crippen LogP contribution in [0.4, 0.5) is 11.8 Å². The Labute approximate surface area is 242 Å². The molecule has 8 nitrogen and oxygen atoms in total. The third-order valence-electron chi connectivity index (χ3n) is 9.33. The Morgan fingerprint density at radius 2 is 1.93 bits per heavy atom. The van der Waals surface area contributed by atoms with Gasteiger partial charge in [-0.3, -0.25) is 4.79 Å². The van der Waals surface area contributed by atoms with Crippen molar-refractivity contribution in [2.45, 2.75) is 51.6 Å². The molecule has 1 amide bonds. The number of hydrogen-bond acceptors (Lipinski definition) is 6. The average molecular weight is 562 g/mol. The van der Waals surface area contributed by atoms with Crippen LogP contribution in [0, 0.1) is 12.8 Å². The van der Waals surface area contributed by atoms with E-state index in [0.717, 1.165) is 72.6 Å². The number of anilines is 2. The Morgan fingerprint density at radius 3 is 2.62 bits per heavy atom. The van der Waals surface area contributed by atoms with Crippen LogP contribution < -0.4 is 9.80 Å². The Kier molecular flexibility index (Phi) is 7.03. The maximum absolute atomic E-state index is 12.4. The van der Waals surface area contributed by atoms with Gasteiger partial charge in [0.2, 0.25) is 11.9 Å². The van der Waals surface area contributed by atoms with Crippen molar-refractivity contribution in [3.05, 3.63) is 58.4 Å². The number of aryl methyl sites for hydroxylation is 1. The number of rotatable bonds is 5. The van der Waals surface area contributed by atoms with Gasteiger partial charge >= 0.3 is 0 Å². The summed E-state index contributed by atoms with van der Waals surface area (Å²) < 4.78 is 0. The first-order chi connectivity index (χ1) is 19.2. The van der Waals surface area contributed by atoms with Gasteiger partial charge in [-0.15, -0.1) is 0 Å². The highest BCUT2D eigenvalue weighted by molar-refractivity contribution is 6.33. The largest absolute Gasteiger partial charge is 0.361 e. The number of piperazine rings is 1. The van der Waals surface area contributed by atoms with Gasteiger partial charge in [-0.25, -0.2) is 4.98 Å². The average Bonchev–Trinajstić information content (AvgIpc) is 3.35. The molecule has 0 unspecified atom stereocenters. The highest BCUT2D eigenvalue weighted by atomic mass is 35.5. The number of nitrogens with zero attached hydrogens (tertiary/aromatic N) is 6. The van der Waals surface area contributed by atoms with Crippen LogP contribution in [0.3, 0.4) is 0 Å². The summed E-state index contributed by atoms with van der Waals surface area (Å²) in [6.07, 6.45) is 5.15. The summed E-state index contributed by atoms with van der Waals surface area (Å²) in [7, 11) is 4.26. The predicted octanol–water partition coefficient (Wildman–Crippen LogP) is 4.41. The fourth-order valence-electron chi connectivity index (χ4n) is 6.80. The fourth-order valence-corrected chi connectivity index (χ4v) is 7.09. The van der Waals surface area contributed by atoms with Crippen LogP contribution >= 0.6 is 11.6 Å². The van der Waals surface area contributed by atoms with Crippen LogP contribution in [0.1, 0.15) is 42.1 Å². The van der Waals surface area contributed by atoms with Gasteiger partial charge in [0.15, 0.2) is 0 Å². The summed E-state index contributed by atoms with van der Waals surface area (Å²) in [4.78, 5) is 35.1. The molecule has 0 saturated carbocycles. The molecule has 4 heterocycles. The number of nitrogens with one attached hydrogen (secondary N) is 1. The van der Waals surface area contributed by atoms with Gasteiger partial charge < -0.3 is 24.6 Å². The Balaban J connectivity index is 1.39. The number of aromatic amines is 1. The monoisotopic (exact) mass is 561 g/mol. The number of aromatic nitrogens is 3. The first-order valence-corrected chi connectivity index (χ1v) is 14.8. The third kappa shape index (κ3) is 4.55. The van der Waals surface area contributed by atoms with E-state index >= 15 is 0 Å². The quantitative estimate of drug-likeness (QED) is 0.465. The van der Waals surface area contributed by atoms with Crippen LogP contribution in [-0.2, 0) is 17.6 Å². The highest BCUT2D eigenvalue weighted by Crippen LogP contribution is 2.45. The molecule has 2 aromatic heterocycles. The number of amides is 1. The minimum absolute atomic E-state index is 0.00423. The number of carbonyl (C=O) groups excluding carboxylic acids is 1. The molecule has 1 aromatic carbocycles. The molecule has 2 aliphatic heterocycles. The lowest BCUT2D eigenvalue weighted by Gasteiger charge is -2.45. The van der Waals surface area contributed by atoms with Gasteiger partial charge in [-0.2, -0.15) is 4.98 Å². The van der Waals surface area contributed by atoms with E-state index in [1.807, 2.05) is 11.1 Å². The van der Waals surface area contributed by atoms with Crippen molar-refractivity contribution in [2.75, 3.05) is 56.6 Å². The lowest BCUT2D eigenvalue weighted by atomic mass is 9.74. The summed E-state index contributed by atoms with van der Waals surface area (Å²) in [5.41, 5.74) is 5.86. The lowest BCUT2D eigenvalue weighted by molar-refractivity contribution is -0.128. The second kappa shape index (κ2) is 10.4. The van der Waals surface area contributed by atoms with Crippen molar-refractivity contribution >= 4 is 40.2 Å². The van der Waals surface area contributed by atoms with E-state index in [1.54, 1.807) is 0 Å². The first-order valence-electron chi connectivity index (χ1n) is 14.4. The smallest absolute Gasteiger partial charge is 0.246 e. The molecule has 212 valence electrons. The molecule has 3 atom stereocenters. The molecular formula is C31H40ClN7O. The van der Waals surface area contributed by atoms with E-state index in [4.69, 9.17) is 21.6 Å². The summed E-state index contributed by atoms with van der Waals surface area (Å²) in [6.45, 7) is 14.2. The van der Waals surface area contributed by atoms with E-state index in [1.165, 1.54) is 22.6 Å². The van der Waals surface area contributed by atoms with Crippen molar-refractivity contribution in [3.8, 4) is 0 Å². The number of benzene rings is 1. The molecule has 3 aliphatic rings. The molecule has 1 N–H and O–H groups in total. The topological polar surface area (TPSA) is 71.6 Å². The van der Waals surface area contributed by atoms with Gasteiger partial charge in [0.1, 0.15) is 5.82 Å². The molecule has 2 saturated heterocycles. The zero-order valence-corrected chi connectivity index (χ0v) is 25.0. The maximum Gasteiger partial charge on any atom is 0.246 e. The van der Waals surface area contributed by atoms with E-state index in [-0.39, 0.29) is 17.9 Å². The van der Waals surface area contributed by atoms with Gasteiger partial charge in [0.25, 0.3) is 0 Å². The van der Waals surface area contributed by atoms with Crippen LogP contribution in [0.2, 0.25) is 5.02 Å².